The van der Waals surface area contributed by atoms with Crippen molar-refractivity contribution in [3.8, 4) is 0 Å². The van der Waals surface area contributed by atoms with Crippen molar-refractivity contribution in [2.24, 2.45) is 0 Å². The Hall–Kier alpha value is -5.83. The van der Waals surface area contributed by atoms with Crippen molar-refractivity contribution in [3.05, 3.63) is 242 Å². The highest BCUT2D eigenvalue weighted by atomic mass is 35.5. The second kappa shape index (κ2) is 22.5. The smallest absolute Gasteiger partial charge is 0.0449 e. The van der Waals surface area contributed by atoms with Gasteiger partial charge >= 0.3 is 0 Å². The lowest BCUT2D eigenvalue weighted by atomic mass is 9.68. The number of aryl methyl sites for hydroxylation is 1. The standard InChI is InChI=1S/C35H37N.C17H22ClN.C17H20/c1-26-28-17-8-9-18-30(28)34(2,25-27-15-6-4-7-16-27)29(26)20-14-22-33-35(23-12-5-13-24-35)31-19-10-11-21-32(31)36(33)3;1-3-7-16-17(10-5-4-6-11-17)14-12-13(18)8-9-15(14)19(16)2;1-3-16-11-7-8-12-17(16)14(2)13-15-9-5-4-6-10-15/h4,6-11,14-22H,5,12-13,23-25H2,1-3H3;7-9,12H,3-6,10-11H2,1-2H3;4-12,14H,3,13H2,1-2H3/b20-14+,33-22+;16-7+;. The molecule has 72 heavy (non-hydrogen) atoms. The number of para-hydroxylation sites is 1. The molecule has 2 fully saturated rings. The van der Waals surface area contributed by atoms with Gasteiger partial charge in [0.1, 0.15) is 0 Å². The van der Waals surface area contributed by atoms with Gasteiger partial charge in [-0.05, 0) is 150 Å². The van der Waals surface area contributed by atoms with Crippen molar-refractivity contribution in [1.29, 1.82) is 0 Å². The van der Waals surface area contributed by atoms with E-state index < -0.39 is 0 Å². The number of allylic oxidation sites excluding steroid dienone is 8. The molecule has 3 heteroatoms. The second-order valence-electron chi connectivity index (χ2n) is 21.7. The van der Waals surface area contributed by atoms with Crippen molar-refractivity contribution in [2.75, 3.05) is 23.9 Å². The van der Waals surface area contributed by atoms with E-state index in [0.717, 1.165) is 30.7 Å². The zero-order valence-electron chi connectivity index (χ0n) is 44.5. The topological polar surface area (TPSA) is 6.48 Å². The number of halogens is 1. The van der Waals surface area contributed by atoms with Crippen LogP contribution in [-0.2, 0) is 35.5 Å². The molecule has 2 nitrogen and oxygen atoms in total. The first-order valence-electron chi connectivity index (χ1n) is 27.5. The minimum absolute atomic E-state index is 0.0376. The van der Waals surface area contributed by atoms with Gasteiger partial charge < -0.3 is 9.80 Å². The van der Waals surface area contributed by atoms with E-state index in [1.165, 1.54) is 143 Å². The molecule has 2 atom stereocenters. The van der Waals surface area contributed by atoms with Crippen LogP contribution < -0.4 is 9.80 Å². The van der Waals surface area contributed by atoms with E-state index in [2.05, 4.69) is 228 Å². The lowest BCUT2D eigenvalue weighted by Crippen LogP contribution is -2.31. The van der Waals surface area contributed by atoms with E-state index in [0.29, 0.717) is 5.92 Å². The normalized spacial score (nSPS) is 20.8. The molecule has 0 radical (unpaired) electrons. The van der Waals surface area contributed by atoms with Crippen LogP contribution in [0.25, 0.3) is 5.57 Å². The maximum atomic E-state index is 6.26. The van der Waals surface area contributed by atoms with Gasteiger partial charge in [-0.15, -0.1) is 0 Å². The fourth-order valence-corrected chi connectivity index (χ4v) is 14.0. The summed E-state index contributed by atoms with van der Waals surface area (Å²) in [4.78, 5) is 4.85. The van der Waals surface area contributed by atoms with Gasteiger partial charge in [-0.1, -0.05) is 223 Å². The molecule has 6 aromatic carbocycles. The van der Waals surface area contributed by atoms with Crippen LogP contribution in [0.1, 0.15) is 156 Å². The van der Waals surface area contributed by atoms with Crippen LogP contribution in [0.3, 0.4) is 0 Å². The van der Waals surface area contributed by atoms with E-state index in [1.807, 2.05) is 6.07 Å². The maximum Gasteiger partial charge on any atom is 0.0449 e. The summed E-state index contributed by atoms with van der Waals surface area (Å²) in [5.41, 5.74) is 20.6. The third-order valence-electron chi connectivity index (χ3n) is 17.3. The molecule has 0 saturated heterocycles. The Morgan fingerprint density at radius 3 is 1.82 bits per heavy atom. The highest BCUT2D eigenvalue weighted by Gasteiger charge is 2.47. The third kappa shape index (κ3) is 9.98. The Labute approximate surface area is 439 Å². The van der Waals surface area contributed by atoms with Crippen LogP contribution in [0.2, 0.25) is 5.02 Å². The molecular weight excluding hydrogens is 892 g/mol. The third-order valence-corrected chi connectivity index (χ3v) is 17.6. The fraction of sp³-hybridized carbons (Fsp3) is 0.362. The first kappa shape index (κ1) is 51.1. The van der Waals surface area contributed by atoms with E-state index in [9.17, 15) is 0 Å². The quantitative estimate of drug-likeness (QED) is 0.142. The summed E-state index contributed by atoms with van der Waals surface area (Å²) >= 11 is 6.26. The highest BCUT2D eigenvalue weighted by molar-refractivity contribution is 6.30. The number of rotatable bonds is 9. The molecule has 2 spiro atoms. The molecule has 3 aliphatic carbocycles. The van der Waals surface area contributed by atoms with Gasteiger partial charge in [0.2, 0.25) is 0 Å². The summed E-state index contributed by atoms with van der Waals surface area (Å²) in [6.07, 6.45) is 27.1. The number of hydrogen-bond acceptors (Lipinski definition) is 2. The monoisotopic (exact) mass is 971 g/mol. The fourth-order valence-electron chi connectivity index (χ4n) is 13.8. The maximum absolute atomic E-state index is 6.26. The molecule has 0 aromatic heterocycles. The zero-order valence-corrected chi connectivity index (χ0v) is 45.2. The number of likely N-dealkylation sites (N-methyl/N-ethyl adjacent to an activating group) is 2. The SMILES string of the molecule is CC/C=C1/N(C)c2ccc(Cl)cc2C12CCCCC2.CC1=C(/C=C/C=C2/N(C)c3ccccc3C23CCCCC3)C(C)(Cc2ccccc2)c2ccccc21.CCc1ccccc1C(C)Cc1ccccc1. The van der Waals surface area contributed by atoms with Crippen LogP contribution in [-0.4, -0.2) is 14.1 Å². The predicted octanol–water partition coefficient (Wildman–Crippen LogP) is 18.6. The minimum Gasteiger partial charge on any atom is -0.347 e. The van der Waals surface area contributed by atoms with Crippen LogP contribution in [0.5, 0.6) is 0 Å². The molecular formula is C69H79ClN2. The molecule has 0 bridgehead atoms. The largest absolute Gasteiger partial charge is 0.347 e. The zero-order chi connectivity index (χ0) is 50.3. The lowest BCUT2D eigenvalue weighted by Gasteiger charge is -2.36. The second-order valence-corrected chi connectivity index (χ2v) is 22.1. The van der Waals surface area contributed by atoms with Crippen molar-refractivity contribution in [3.63, 3.8) is 0 Å². The highest BCUT2D eigenvalue weighted by Crippen LogP contribution is 2.57. The lowest BCUT2D eigenvalue weighted by molar-refractivity contribution is 0.346. The number of hydrogen-bond donors (Lipinski definition) is 0. The van der Waals surface area contributed by atoms with Crippen molar-refractivity contribution < 1.29 is 0 Å². The average molecular weight is 972 g/mol. The molecule has 2 aliphatic heterocycles. The Kier molecular flexibility index (Phi) is 16.0. The van der Waals surface area contributed by atoms with Gasteiger partial charge in [0, 0.05) is 58.1 Å². The molecule has 2 heterocycles. The number of fused-ring (bicyclic) bond motifs is 5. The van der Waals surface area contributed by atoms with Crippen molar-refractivity contribution >= 4 is 28.5 Å². The Balaban J connectivity index is 0.000000149. The molecule has 0 amide bonds. The van der Waals surface area contributed by atoms with Crippen LogP contribution >= 0.6 is 11.6 Å². The predicted molar refractivity (Wildman–Crippen MR) is 311 cm³/mol. The first-order valence-corrected chi connectivity index (χ1v) is 27.9. The van der Waals surface area contributed by atoms with E-state index >= 15 is 0 Å². The average Bonchev–Trinajstić information content (AvgIpc) is 3.86. The van der Waals surface area contributed by atoms with Crippen LogP contribution in [0.15, 0.2) is 193 Å². The molecule has 2 saturated carbocycles. The van der Waals surface area contributed by atoms with Crippen molar-refractivity contribution in [2.45, 2.75) is 147 Å². The van der Waals surface area contributed by atoms with Gasteiger partial charge in [-0.3, -0.25) is 0 Å². The van der Waals surface area contributed by atoms with E-state index in [1.54, 1.807) is 0 Å². The molecule has 372 valence electrons. The first-order chi connectivity index (χ1) is 35.0. The summed E-state index contributed by atoms with van der Waals surface area (Å²) in [5.74, 6) is 0.591. The Morgan fingerprint density at radius 1 is 0.597 bits per heavy atom. The van der Waals surface area contributed by atoms with Gasteiger partial charge in [0.15, 0.2) is 0 Å². The summed E-state index contributed by atoms with van der Waals surface area (Å²) in [6, 6.07) is 55.0. The van der Waals surface area contributed by atoms with Gasteiger partial charge in [0.25, 0.3) is 0 Å². The summed E-state index contributed by atoms with van der Waals surface area (Å²) in [6.45, 7) is 11.5. The Morgan fingerprint density at radius 2 is 1.15 bits per heavy atom. The van der Waals surface area contributed by atoms with Gasteiger partial charge in [-0.25, -0.2) is 0 Å². The molecule has 5 aliphatic rings. The molecule has 2 unspecified atom stereocenters. The minimum atomic E-state index is -0.0376. The Bertz CT molecular complexity index is 2920. The van der Waals surface area contributed by atoms with Crippen LogP contribution in [0.4, 0.5) is 11.4 Å². The molecule has 6 aromatic rings. The van der Waals surface area contributed by atoms with Crippen molar-refractivity contribution in [1.82, 2.24) is 0 Å². The van der Waals surface area contributed by atoms with E-state index in [-0.39, 0.29) is 16.2 Å². The molecule has 0 N–H and O–H groups in total. The number of benzene rings is 6. The number of anilines is 2. The summed E-state index contributed by atoms with van der Waals surface area (Å²) in [7, 11) is 4.47. The molecule has 11 rings (SSSR count). The van der Waals surface area contributed by atoms with Gasteiger partial charge in [0.05, 0.1) is 0 Å². The van der Waals surface area contributed by atoms with Gasteiger partial charge in [-0.2, -0.15) is 0 Å². The summed E-state index contributed by atoms with van der Waals surface area (Å²) < 4.78 is 0. The number of nitrogens with zero attached hydrogens (tertiary/aromatic N) is 2. The summed E-state index contributed by atoms with van der Waals surface area (Å²) in [5, 5.41) is 0.870. The van der Waals surface area contributed by atoms with Crippen LogP contribution in [0, 0.1) is 0 Å². The van der Waals surface area contributed by atoms with E-state index in [4.69, 9.17) is 11.6 Å².